The zero-order valence-electron chi connectivity index (χ0n) is 15.7. The molecule has 2 saturated heterocycles. The molecule has 3 rings (SSSR count). The lowest BCUT2D eigenvalue weighted by molar-refractivity contribution is -0.0684. The van der Waals surface area contributed by atoms with Crippen LogP contribution in [-0.4, -0.2) is 49.1 Å². The van der Waals surface area contributed by atoms with E-state index in [2.05, 4.69) is 73.1 Å². The minimum absolute atomic E-state index is 0.502. The first-order valence-electron chi connectivity index (χ1n) is 9.76. The van der Waals surface area contributed by atoms with Crippen LogP contribution in [0.15, 0.2) is 36.4 Å². The standard InChI is InChI=1S/C22H34N2/c1-4-5-13-23-15-20-17-24(18-21(16-23)22(20,2)3)14-9-12-19-10-7-6-8-11-19/h6-12,20-21H,4-5,13-18H2,1-3H3. The van der Waals surface area contributed by atoms with Gasteiger partial charge < -0.3 is 4.90 Å². The number of likely N-dealkylation sites (tertiary alicyclic amines) is 2. The fraction of sp³-hybridized carbons (Fsp3) is 0.636. The van der Waals surface area contributed by atoms with E-state index < -0.39 is 0 Å². The van der Waals surface area contributed by atoms with E-state index in [1.54, 1.807) is 0 Å². The average Bonchev–Trinajstić information content (AvgIpc) is 2.55. The van der Waals surface area contributed by atoms with Gasteiger partial charge in [0.25, 0.3) is 0 Å². The fourth-order valence-electron chi connectivity index (χ4n) is 4.40. The molecule has 2 aliphatic heterocycles. The Kier molecular flexibility index (Phi) is 5.78. The Hall–Kier alpha value is -1.12. The van der Waals surface area contributed by atoms with Crippen molar-refractivity contribution < 1.29 is 0 Å². The van der Waals surface area contributed by atoms with Gasteiger partial charge >= 0.3 is 0 Å². The normalized spacial score (nSPS) is 27.6. The van der Waals surface area contributed by atoms with Crippen molar-refractivity contribution in [2.24, 2.45) is 17.3 Å². The van der Waals surface area contributed by atoms with E-state index in [1.165, 1.54) is 51.1 Å². The maximum atomic E-state index is 2.74. The van der Waals surface area contributed by atoms with E-state index in [0.29, 0.717) is 5.41 Å². The molecule has 2 heteroatoms. The molecule has 0 radical (unpaired) electrons. The first-order chi connectivity index (χ1) is 11.6. The van der Waals surface area contributed by atoms with Crippen molar-refractivity contribution in [2.45, 2.75) is 33.6 Å². The highest BCUT2D eigenvalue weighted by Crippen LogP contribution is 2.44. The topological polar surface area (TPSA) is 6.48 Å². The number of nitrogens with zero attached hydrogens (tertiary/aromatic N) is 2. The molecule has 2 unspecified atom stereocenters. The Balaban J connectivity index is 1.57. The van der Waals surface area contributed by atoms with Crippen molar-refractivity contribution in [3.8, 4) is 0 Å². The summed E-state index contributed by atoms with van der Waals surface area (Å²) in [6.07, 6.45) is 7.27. The lowest BCUT2D eigenvalue weighted by atomic mass is 9.63. The Morgan fingerprint density at radius 3 is 2.25 bits per heavy atom. The lowest BCUT2D eigenvalue weighted by Gasteiger charge is -2.56. The predicted molar refractivity (Wildman–Crippen MR) is 104 cm³/mol. The van der Waals surface area contributed by atoms with Crippen LogP contribution in [0.3, 0.4) is 0 Å². The molecular formula is C22H34N2. The number of unbranched alkanes of at least 4 members (excludes halogenated alkanes) is 1. The van der Waals surface area contributed by atoms with Crippen molar-refractivity contribution in [1.82, 2.24) is 9.80 Å². The summed E-state index contributed by atoms with van der Waals surface area (Å²) in [4.78, 5) is 5.42. The number of benzene rings is 1. The number of fused-ring (bicyclic) bond motifs is 2. The smallest absolute Gasteiger partial charge is 0.0166 e. The predicted octanol–water partition coefficient (Wildman–Crippen LogP) is 4.39. The van der Waals surface area contributed by atoms with E-state index in [-0.39, 0.29) is 0 Å². The van der Waals surface area contributed by atoms with Gasteiger partial charge in [0.05, 0.1) is 0 Å². The van der Waals surface area contributed by atoms with Crippen LogP contribution in [0.25, 0.3) is 6.08 Å². The van der Waals surface area contributed by atoms with Gasteiger partial charge in [0.1, 0.15) is 0 Å². The molecule has 2 bridgehead atoms. The summed E-state index contributed by atoms with van der Waals surface area (Å²) in [5.41, 5.74) is 1.81. The molecule has 1 aromatic rings. The van der Waals surface area contributed by atoms with Gasteiger partial charge in [0.15, 0.2) is 0 Å². The third-order valence-electron chi connectivity index (χ3n) is 6.32. The van der Waals surface area contributed by atoms with Gasteiger partial charge in [-0.25, -0.2) is 0 Å². The molecule has 0 amide bonds. The SMILES string of the molecule is CCCCN1CC2CN(CC=Cc3ccccc3)CC(C1)C2(C)C. The monoisotopic (exact) mass is 326 g/mol. The molecule has 0 saturated carbocycles. The summed E-state index contributed by atoms with van der Waals surface area (Å²) in [7, 11) is 0. The quantitative estimate of drug-likeness (QED) is 0.765. The zero-order valence-corrected chi connectivity index (χ0v) is 15.7. The van der Waals surface area contributed by atoms with Crippen LogP contribution in [0.5, 0.6) is 0 Å². The Bertz CT molecular complexity index is 516. The maximum absolute atomic E-state index is 2.74. The summed E-state index contributed by atoms with van der Waals surface area (Å²) in [5.74, 6) is 1.62. The van der Waals surface area contributed by atoms with Crippen molar-refractivity contribution >= 4 is 6.08 Å². The number of hydrogen-bond acceptors (Lipinski definition) is 2. The largest absolute Gasteiger partial charge is 0.303 e. The molecule has 0 N–H and O–H groups in total. The molecule has 0 aliphatic carbocycles. The van der Waals surface area contributed by atoms with E-state index in [4.69, 9.17) is 0 Å². The molecule has 2 nitrogen and oxygen atoms in total. The molecular weight excluding hydrogens is 292 g/mol. The highest BCUT2D eigenvalue weighted by Gasteiger charge is 2.46. The highest BCUT2D eigenvalue weighted by molar-refractivity contribution is 5.48. The van der Waals surface area contributed by atoms with Crippen molar-refractivity contribution in [2.75, 3.05) is 39.3 Å². The lowest BCUT2D eigenvalue weighted by Crippen LogP contribution is -2.61. The van der Waals surface area contributed by atoms with Gasteiger partial charge in [-0.1, -0.05) is 69.7 Å². The van der Waals surface area contributed by atoms with Crippen LogP contribution < -0.4 is 0 Å². The van der Waals surface area contributed by atoms with E-state index in [9.17, 15) is 0 Å². The molecule has 1 aromatic carbocycles. The van der Waals surface area contributed by atoms with Crippen LogP contribution >= 0.6 is 0 Å². The van der Waals surface area contributed by atoms with Gasteiger partial charge in [0.2, 0.25) is 0 Å². The molecule has 2 aliphatic rings. The molecule has 0 spiro atoms. The molecule has 24 heavy (non-hydrogen) atoms. The second kappa shape index (κ2) is 7.84. The number of rotatable bonds is 6. The molecule has 2 fully saturated rings. The summed E-state index contributed by atoms with van der Waals surface area (Å²) >= 11 is 0. The molecule has 0 aromatic heterocycles. The van der Waals surface area contributed by atoms with Crippen LogP contribution in [0.1, 0.15) is 39.2 Å². The van der Waals surface area contributed by atoms with Gasteiger partial charge in [-0.05, 0) is 35.8 Å². The highest BCUT2D eigenvalue weighted by atomic mass is 15.2. The first-order valence-corrected chi connectivity index (χ1v) is 9.76. The summed E-state index contributed by atoms with van der Waals surface area (Å²) in [5, 5.41) is 0. The maximum Gasteiger partial charge on any atom is 0.0166 e. The Morgan fingerprint density at radius 1 is 1.00 bits per heavy atom. The van der Waals surface area contributed by atoms with Crippen LogP contribution in [0.2, 0.25) is 0 Å². The molecule has 2 heterocycles. The van der Waals surface area contributed by atoms with Crippen LogP contribution in [0, 0.1) is 17.3 Å². The second-order valence-electron chi connectivity index (χ2n) is 8.36. The first kappa shape index (κ1) is 17.7. The summed E-state index contributed by atoms with van der Waals surface area (Å²) in [6, 6.07) is 10.7. The van der Waals surface area contributed by atoms with Crippen LogP contribution in [-0.2, 0) is 0 Å². The molecule has 2 atom stereocenters. The van der Waals surface area contributed by atoms with Gasteiger partial charge in [-0.3, -0.25) is 4.90 Å². The van der Waals surface area contributed by atoms with Crippen molar-refractivity contribution in [3.63, 3.8) is 0 Å². The van der Waals surface area contributed by atoms with E-state index in [1.807, 2.05) is 0 Å². The average molecular weight is 327 g/mol. The summed E-state index contributed by atoms with van der Waals surface area (Å²) < 4.78 is 0. The Labute approximate surface area is 148 Å². The molecule has 132 valence electrons. The fourth-order valence-corrected chi connectivity index (χ4v) is 4.40. The van der Waals surface area contributed by atoms with E-state index >= 15 is 0 Å². The number of hydrogen-bond donors (Lipinski definition) is 0. The van der Waals surface area contributed by atoms with Crippen molar-refractivity contribution in [3.05, 3.63) is 42.0 Å². The Morgan fingerprint density at radius 2 is 1.62 bits per heavy atom. The summed E-state index contributed by atoms with van der Waals surface area (Å²) in [6.45, 7) is 14.8. The van der Waals surface area contributed by atoms with Crippen LogP contribution in [0.4, 0.5) is 0 Å². The van der Waals surface area contributed by atoms with Gasteiger partial charge in [0, 0.05) is 32.7 Å². The zero-order chi connectivity index (χ0) is 17.0. The third-order valence-corrected chi connectivity index (χ3v) is 6.32. The van der Waals surface area contributed by atoms with E-state index in [0.717, 1.165) is 18.4 Å². The van der Waals surface area contributed by atoms with Gasteiger partial charge in [-0.2, -0.15) is 0 Å². The van der Waals surface area contributed by atoms with Gasteiger partial charge in [-0.15, -0.1) is 0 Å². The second-order valence-corrected chi connectivity index (χ2v) is 8.36. The minimum atomic E-state index is 0.502. The third kappa shape index (κ3) is 4.10. The minimum Gasteiger partial charge on any atom is -0.303 e. The number of piperidine rings is 2. The van der Waals surface area contributed by atoms with Crippen molar-refractivity contribution in [1.29, 1.82) is 0 Å².